The number of methoxy groups -OCH3 is 6. The largest absolute Gasteiger partial charge is 0.493 e. The summed E-state index contributed by atoms with van der Waals surface area (Å²) < 4.78 is 40.1. The number of nitrogens with zero attached hydrogens (tertiary/aromatic N) is 2. The normalized spacial score (nSPS) is 15.4. The predicted octanol–water partition coefficient (Wildman–Crippen LogP) is 5.91. The molecular formula is C37H42N2O8. The monoisotopic (exact) mass is 642 g/mol. The maximum absolute atomic E-state index is 14.3. The zero-order valence-corrected chi connectivity index (χ0v) is 27.9. The Morgan fingerprint density at radius 3 is 2.11 bits per heavy atom. The number of carbonyl (C=O) groups is 1. The first-order valence-corrected chi connectivity index (χ1v) is 15.9. The predicted molar refractivity (Wildman–Crippen MR) is 178 cm³/mol. The number of ether oxygens (including phenoxy) is 7. The molecule has 1 aliphatic heterocycles. The molecular weight excluding hydrogens is 600 g/mol. The van der Waals surface area contributed by atoms with Gasteiger partial charge in [0, 0.05) is 29.3 Å². The minimum absolute atomic E-state index is 0.106. The first kappa shape index (κ1) is 32.1. The Kier molecular flexibility index (Phi) is 9.47. The highest BCUT2D eigenvalue weighted by Crippen LogP contribution is 2.42. The minimum Gasteiger partial charge on any atom is -0.493 e. The molecule has 6 rings (SSSR count). The Morgan fingerprint density at radius 1 is 0.745 bits per heavy atom. The average molecular weight is 643 g/mol. The number of aromatic nitrogens is 1. The molecule has 10 nitrogen and oxygen atoms in total. The van der Waals surface area contributed by atoms with E-state index in [1.54, 1.807) is 42.7 Å². The van der Waals surface area contributed by atoms with E-state index in [1.165, 1.54) is 0 Å². The van der Waals surface area contributed by atoms with Gasteiger partial charge in [-0.25, -0.2) is 0 Å². The average Bonchev–Trinajstić information content (AvgIpc) is 3.11. The van der Waals surface area contributed by atoms with Crippen LogP contribution in [0.4, 0.5) is 0 Å². The lowest BCUT2D eigenvalue weighted by Crippen LogP contribution is -2.43. The maximum Gasteiger partial charge on any atom is 0.261 e. The number of rotatable bonds is 11. The van der Waals surface area contributed by atoms with Crippen LogP contribution >= 0.6 is 0 Å². The van der Waals surface area contributed by atoms with Crippen LogP contribution in [0.15, 0.2) is 42.5 Å². The van der Waals surface area contributed by atoms with E-state index in [9.17, 15) is 4.79 Å². The van der Waals surface area contributed by atoms with E-state index in [-0.39, 0.29) is 18.6 Å². The van der Waals surface area contributed by atoms with Crippen LogP contribution in [0.5, 0.6) is 40.2 Å². The Labute approximate surface area is 275 Å². The molecule has 1 atom stereocenters. The smallest absolute Gasteiger partial charge is 0.261 e. The number of hydrogen-bond donors (Lipinski definition) is 0. The number of pyridine rings is 1. The van der Waals surface area contributed by atoms with E-state index >= 15 is 0 Å². The van der Waals surface area contributed by atoms with E-state index in [1.807, 2.05) is 47.4 Å². The van der Waals surface area contributed by atoms with Gasteiger partial charge in [0.1, 0.15) is 5.75 Å². The summed E-state index contributed by atoms with van der Waals surface area (Å²) in [5.41, 5.74) is 5.97. The maximum atomic E-state index is 14.3. The standard InChI is InChI=1S/C37H42N2O8/c1-41-30-12-11-22(16-31(30)42-2)15-29-25-18-33(44-4)32(43-3)17-23(25)13-14-39(29)36(40)21-47-37-24-9-7-8-10-27(24)38-28-20-35(46-6)34(45-5)19-26(28)37/h11-12,16-20,29H,7-10,13-15,21H2,1-6H3. The van der Waals surface area contributed by atoms with Crippen molar-refractivity contribution in [3.8, 4) is 40.2 Å². The van der Waals surface area contributed by atoms with E-state index in [0.717, 1.165) is 64.5 Å². The van der Waals surface area contributed by atoms with E-state index in [0.29, 0.717) is 59.6 Å². The van der Waals surface area contributed by atoms with Crippen LogP contribution in [0.25, 0.3) is 10.9 Å². The molecule has 4 aromatic rings. The van der Waals surface area contributed by atoms with Gasteiger partial charge in [0.05, 0.1) is 54.2 Å². The molecule has 1 unspecified atom stereocenters. The summed E-state index contributed by atoms with van der Waals surface area (Å²) in [6.07, 6.45) is 5.05. The number of amides is 1. The summed E-state index contributed by atoms with van der Waals surface area (Å²) in [7, 11) is 9.71. The molecule has 2 aliphatic rings. The Morgan fingerprint density at radius 2 is 1.38 bits per heavy atom. The summed E-state index contributed by atoms with van der Waals surface area (Å²) >= 11 is 0. The molecule has 0 N–H and O–H groups in total. The molecule has 0 bridgehead atoms. The van der Waals surface area contributed by atoms with Gasteiger partial charge in [-0.2, -0.15) is 0 Å². The third-order valence-electron chi connectivity index (χ3n) is 9.25. The van der Waals surface area contributed by atoms with Crippen LogP contribution in [0.2, 0.25) is 0 Å². The summed E-state index contributed by atoms with van der Waals surface area (Å²) in [6, 6.07) is 13.4. The van der Waals surface area contributed by atoms with Gasteiger partial charge in [-0.05, 0) is 85.5 Å². The van der Waals surface area contributed by atoms with Gasteiger partial charge < -0.3 is 38.1 Å². The second-order valence-corrected chi connectivity index (χ2v) is 11.7. The van der Waals surface area contributed by atoms with Crippen LogP contribution in [-0.4, -0.2) is 71.6 Å². The van der Waals surface area contributed by atoms with Crippen molar-refractivity contribution in [1.29, 1.82) is 0 Å². The third kappa shape index (κ3) is 6.16. The molecule has 2 heterocycles. The summed E-state index contributed by atoms with van der Waals surface area (Å²) in [6.45, 7) is 0.411. The molecule has 0 fully saturated rings. The molecule has 0 radical (unpaired) electrons. The van der Waals surface area contributed by atoms with Crippen molar-refractivity contribution in [2.75, 3.05) is 55.8 Å². The van der Waals surface area contributed by atoms with Gasteiger partial charge in [-0.1, -0.05) is 6.07 Å². The number of fused-ring (bicyclic) bond motifs is 3. The number of hydrogen-bond acceptors (Lipinski definition) is 9. The van der Waals surface area contributed by atoms with Crippen molar-refractivity contribution in [1.82, 2.24) is 9.88 Å². The molecule has 10 heteroatoms. The summed E-state index contributed by atoms with van der Waals surface area (Å²) in [5.74, 6) is 4.34. The van der Waals surface area contributed by atoms with E-state index < -0.39 is 0 Å². The number of carbonyl (C=O) groups excluding carboxylic acids is 1. The van der Waals surface area contributed by atoms with Crippen molar-refractivity contribution in [2.24, 2.45) is 0 Å². The van der Waals surface area contributed by atoms with E-state index in [4.69, 9.17) is 38.1 Å². The fourth-order valence-corrected chi connectivity index (χ4v) is 6.87. The van der Waals surface area contributed by atoms with Gasteiger partial charge >= 0.3 is 0 Å². The van der Waals surface area contributed by atoms with Gasteiger partial charge in [0.15, 0.2) is 41.1 Å². The van der Waals surface area contributed by atoms with Crippen molar-refractivity contribution in [2.45, 2.75) is 44.6 Å². The highest BCUT2D eigenvalue weighted by atomic mass is 16.5. The van der Waals surface area contributed by atoms with Crippen LogP contribution < -0.4 is 33.2 Å². The first-order valence-electron chi connectivity index (χ1n) is 15.9. The van der Waals surface area contributed by atoms with Gasteiger partial charge in [-0.3, -0.25) is 9.78 Å². The fourth-order valence-electron chi connectivity index (χ4n) is 6.87. The topological polar surface area (TPSA) is 97.8 Å². The minimum atomic E-state index is -0.278. The van der Waals surface area contributed by atoms with Crippen LogP contribution in [0, 0.1) is 0 Å². The van der Waals surface area contributed by atoms with Crippen molar-refractivity contribution >= 4 is 16.8 Å². The number of aryl methyl sites for hydroxylation is 1. The SMILES string of the molecule is COc1ccc(CC2c3cc(OC)c(OC)cc3CCN2C(=O)COc2c3c(nc4cc(OC)c(OC)cc24)CCCC3)cc1OC. The van der Waals surface area contributed by atoms with Gasteiger partial charge in [-0.15, -0.1) is 0 Å². The molecule has 47 heavy (non-hydrogen) atoms. The van der Waals surface area contributed by atoms with Gasteiger partial charge in [0.25, 0.3) is 5.91 Å². The summed E-state index contributed by atoms with van der Waals surface area (Å²) in [4.78, 5) is 21.1. The molecule has 1 amide bonds. The lowest BCUT2D eigenvalue weighted by atomic mass is 9.88. The highest BCUT2D eigenvalue weighted by Gasteiger charge is 2.33. The Bertz CT molecular complexity index is 1780. The lowest BCUT2D eigenvalue weighted by Gasteiger charge is -2.38. The van der Waals surface area contributed by atoms with Crippen LogP contribution in [0.1, 0.15) is 46.8 Å². The second-order valence-electron chi connectivity index (χ2n) is 11.7. The molecule has 248 valence electrons. The zero-order chi connectivity index (χ0) is 33.1. The quantitative estimate of drug-likeness (QED) is 0.198. The van der Waals surface area contributed by atoms with Crippen molar-refractivity contribution in [3.63, 3.8) is 0 Å². The van der Waals surface area contributed by atoms with Crippen molar-refractivity contribution in [3.05, 3.63) is 70.4 Å². The highest BCUT2D eigenvalue weighted by molar-refractivity contribution is 5.90. The van der Waals surface area contributed by atoms with Crippen LogP contribution in [0.3, 0.4) is 0 Å². The third-order valence-corrected chi connectivity index (χ3v) is 9.25. The molecule has 1 aliphatic carbocycles. The number of benzene rings is 3. The molecule has 3 aromatic carbocycles. The first-order chi connectivity index (χ1) is 22.9. The Balaban J connectivity index is 1.36. The van der Waals surface area contributed by atoms with E-state index in [2.05, 4.69) is 0 Å². The Hall–Kier alpha value is -4.86. The van der Waals surface area contributed by atoms with Crippen LogP contribution in [-0.2, 0) is 30.5 Å². The summed E-state index contributed by atoms with van der Waals surface area (Å²) in [5, 5.41) is 0.804. The molecule has 0 spiro atoms. The zero-order valence-electron chi connectivity index (χ0n) is 27.9. The van der Waals surface area contributed by atoms with Crippen molar-refractivity contribution < 1.29 is 38.0 Å². The second kappa shape index (κ2) is 13.9. The molecule has 1 aromatic heterocycles. The fraction of sp³-hybridized carbons (Fsp3) is 0.405. The lowest BCUT2D eigenvalue weighted by molar-refractivity contribution is -0.136. The molecule has 0 saturated heterocycles. The molecule has 0 saturated carbocycles. The van der Waals surface area contributed by atoms with Gasteiger partial charge in [0.2, 0.25) is 0 Å².